The molecule has 1 aromatic carbocycles. The fraction of sp³-hybridized carbons (Fsp3) is 0.556. The van der Waals surface area contributed by atoms with Crippen molar-refractivity contribution >= 4 is 17.6 Å². The van der Waals surface area contributed by atoms with Crippen molar-refractivity contribution in [1.82, 2.24) is 0 Å². The molecule has 0 aliphatic heterocycles. The number of ether oxygens (including phenoxy) is 1. The highest BCUT2D eigenvalue weighted by Crippen LogP contribution is 2.39. The second-order valence-corrected chi connectivity index (χ2v) is 9.54. The number of amides is 1. The van der Waals surface area contributed by atoms with Crippen molar-refractivity contribution in [2.75, 3.05) is 11.5 Å². The first-order chi connectivity index (χ1) is 16.0. The predicted octanol–water partition coefficient (Wildman–Crippen LogP) is 5.59. The van der Waals surface area contributed by atoms with Crippen molar-refractivity contribution in [3.8, 4) is 11.3 Å². The van der Waals surface area contributed by atoms with E-state index in [1.807, 2.05) is 41.3 Å². The molecule has 178 valence electrons. The number of carbonyl (C=O) groups excluding carboxylic acids is 2. The van der Waals surface area contributed by atoms with Gasteiger partial charge in [-0.2, -0.15) is 0 Å². The molecule has 6 heteroatoms. The molecule has 0 spiro atoms. The van der Waals surface area contributed by atoms with Crippen LogP contribution in [-0.2, 0) is 9.53 Å². The Labute approximate surface area is 195 Å². The summed E-state index contributed by atoms with van der Waals surface area (Å²) in [7, 11) is 0. The maximum absolute atomic E-state index is 13.9. The molecule has 1 aromatic heterocycles. The molecule has 0 atom stereocenters. The van der Waals surface area contributed by atoms with E-state index in [-0.39, 0.29) is 36.3 Å². The lowest BCUT2D eigenvalue weighted by Crippen LogP contribution is -2.47. The summed E-state index contributed by atoms with van der Waals surface area (Å²) in [5.74, 6) is 0.716. The van der Waals surface area contributed by atoms with Gasteiger partial charge < -0.3 is 19.2 Å². The quantitative estimate of drug-likeness (QED) is 0.577. The van der Waals surface area contributed by atoms with Gasteiger partial charge in [-0.3, -0.25) is 4.79 Å². The molecular formula is C27H35NO5. The summed E-state index contributed by atoms with van der Waals surface area (Å²) in [6.07, 6.45) is 6.17. The number of hydrogen-bond donors (Lipinski definition) is 1. The van der Waals surface area contributed by atoms with E-state index in [0.29, 0.717) is 43.0 Å². The molecule has 1 amide bonds. The fourth-order valence-corrected chi connectivity index (χ4v) is 5.16. The number of nitrogens with zero attached hydrogens (tertiary/aromatic N) is 1. The first-order valence-electron chi connectivity index (χ1n) is 12.4. The van der Waals surface area contributed by atoms with E-state index in [0.717, 1.165) is 31.2 Å². The lowest BCUT2D eigenvalue weighted by molar-refractivity contribution is -0.124. The zero-order valence-corrected chi connectivity index (χ0v) is 19.7. The number of rotatable bonds is 6. The van der Waals surface area contributed by atoms with Gasteiger partial charge in [0.25, 0.3) is 0 Å². The van der Waals surface area contributed by atoms with Gasteiger partial charge in [-0.15, -0.1) is 0 Å². The molecule has 6 nitrogen and oxygen atoms in total. The SMILES string of the molecule is CCOC(=O)c1oc(-c2ccccc2)cc1N(C(=O)[C@H]1CC[C@H](C)CC1)[C@H]1CC[C@@H](O)CC1. The first kappa shape index (κ1) is 23.6. The third kappa shape index (κ3) is 5.32. The summed E-state index contributed by atoms with van der Waals surface area (Å²) in [4.78, 5) is 28.6. The number of carbonyl (C=O) groups is 2. The highest BCUT2D eigenvalue weighted by Gasteiger charge is 2.38. The van der Waals surface area contributed by atoms with Crippen LogP contribution in [0.4, 0.5) is 5.69 Å². The summed E-state index contributed by atoms with van der Waals surface area (Å²) in [5, 5.41) is 10.1. The normalized spacial score (nSPS) is 25.4. The van der Waals surface area contributed by atoms with Gasteiger partial charge in [0.15, 0.2) is 0 Å². The van der Waals surface area contributed by atoms with Gasteiger partial charge in [0.2, 0.25) is 11.7 Å². The van der Waals surface area contributed by atoms with Gasteiger partial charge in [0, 0.05) is 23.6 Å². The Bertz CT molecular complexity index is 937. The van der Waals surface area contributed by atoms with Crippen LogP contribution in [0.25, 0.3) is 11.3 Å². The van der Waals surface area contributed by atoms with Crippen LogP contribution in [-0.4, -0.2) is 35.7 Å². The van der Waals surface area contributed by atoms with Crippen molar-refractivity contribution in [3.63, 3.8) is 0 Å². The van der Waals surface area contributed by atoms with Gasteiger partial charge >= 0.3 is 5.97 Å². The van der Waals surface area contributed by atoms with Crippen LogP contribution in [0.15, 0.2) is 40.8 Å². The number of aliphatic hydroxyl groups excluding tert-OH is 1. The summed E-state index contributed by atoms with van der Waals surface area (Å²) < 4.78 is 11.3. The summed E-state index contributed by atoms with van der Waals surface area (Å²) >= 11 is 0. The Morgan fingerprint density at radius 3 is 2.33 bits per heavy atom. The van der Waals surface area contributed by atoms with Gasteiger partial charge in [0.05, 0.1) is 18.4 Å². The predicted molar refractivity (Wildman–Crippen MR) is 127 cm³/mol. The van der Waals surface area contributed by atoms with E-state index >= 15 is 0 Å². The van der Waals surface area contributed by atoms with E-state index in [9.17, 15) is 14.7 Å². The number of benzene rings is 1. The average Bonchev–Trinajstić information content (AvgIpc) is 3.27. The second-order valence-electron chi connectivity index (χ2n) is 9.54. The third-order valence-electron chi connectivity index (χ3n) is 7.13. The van der Waals surface area contributed by atoms with Crippen molar-refractivity contribution in [2.24, 2.45) is 11.8 Å². The highest BCUT2D eigenvalue weighted by molar-refractivity contribution is 6.03. The number of furan rings is 1. The lowest BCUT2D eigenvalue weighted by Gasteiger charge is -2.38. The monoisotopic (exact) mass is 453 g/mol. The second kappa shape index (κ2) is 10.6. The number of hydrogen-bond acceptors (Lipinski definition) is 5. The summed E-state index contributed by atoms with van der Waals surface area (Å²) in [6, 6.07) is 11.3. The number of esters is 1. The van der Waals surface area contributed by atoms with Crippen LogP contribution < -0.4 is 4.90 Å². The molecule has 2 aromatic rings. The maximum atomic E-state index is 13.9. The van der Waals surface area contributed by atoms with Gasteiger partial charge in [0.1, 0.15) is 5.76 Å². The van der Waals surface area contributed by atoms with Crippen molar-refractivity contribution in [2.45, 2.75) is 77.4 Å². The Morgan fingerprint density at radius 2 is 1.70 bits per heavy atom. The molecule has 2 saturated carbocycles. The molecule has 0 bridgehead atoms. The third-order valence-corrected chi connectivity index (χ3v) is 7.13. The van der Waals surface area contributed by atoms with Crippen molar-refractivity contribution < 1.29 is 23.8 Å². The minimum atomic E-state index is -0.555. The lowest BCUT2D eigenvalue weighted by atomic mass is 9.81. The summed E-state index contributed by atoms with van der Waals surface area (Å²) in [6.45, 7) is 4.22. The Balaban J connectivity index is 1.75. The molecule has 1 heterocycles. The molecule has 33 heavy (non-hydrogen) atoms. The zero-order chi connectivity index (χ0) is 23.4. The van der Waals surface area contributed by atoms with E-state index in [4.69, 9.17) is 9.15 Å². The average molecular weight is 454 g/mol. The molecule has 2 aliphatic carbocycles. The van der Waals surface area contributed by atoms with Crippen LogP contribution in [0.3, 0.4) is 0 Å². The fourth-order valence-electron chi connectivity index (χ4n) is 5.16. The van der Waals surface area contributed by atoms with Crippen LogP contribution in [0.2, 0.25) is 0 Å². The van der Waals surface area contributed by atoms with Gasteiger partial charge in [-0.25, -0.2) is 4.79 Å². The molecule has 2 aliphatic rings. The van der Waals surface area contributed by atoms with E-state index in [1.165, 1.54) is 0 Å². The molecule has 2 fully saturated rings. The molecule has 1 N–H and O–H groups in total. The topological polar surface area (TPSA) is 80.0 Å². The summed E-state index contributed by atoms with van der Waals surface area (Å²) in [5.41, 5.74) is 1.34. The van der Waals surface area contributed by atoms with Crippen LogP contribution >= 0.6 is 0 Å². The Morgan fingerprint density at radius 1 is 1.03 bits per heavy atom. The number of anilines is 1. The van der Waals surface area contributed by atoms with Crippen LogP contribution in [0.1, 0.15) is 75.8 Å². The van der Waals surface area contributed by atoms with E-state index in [2.05, 4.69) is 6.92 Å². The molecule has 0 saturated heterocycles. The minimum absolute atomic E-state index is 0.0572. The van der Waals surface area contributed by atoms with E-state index in [1.54, 1.807) is 6.92 Å². The van der Waals surface area contributed by atoms with Crippen molar-refractivity contribution in [3.05, 3.63) is 42.2 Å². The van der Waals surface area contributed by atoms with Crippen LogP contribution in [0, 0.1) is 11.8 Å². The van der Waals surface area contributed by atoms with Gasteiger partial charge in [-0.05, 0) is 64.2 Å². The van der Waals surface area contributed by atoms with Crippen molar-refractivity contribution in [1.29, 1.82) is 0 Å². The van der Waals surface area contributed by atoms with E-state index < -0.39 is 5.97 Å². The van der Waals surface area contributed by atoms with Gasteiger partial charge in [-0.1, -0.05) is 37.3 Å². The Kier molecular flexibility index (Phi) is 7.53. The minimum Gasteiger partial charge on any atom is -0.460 e. The molecular weight excluding hydrogens is 418 g/mol. The first-order valence-corrected chi connectivity index (χ1v) is 12.4. The standard InChI is InChI=1S/C27H35NO5/c1-3-32-27(31)25-23(17-24(33-25)19-7-5-4-6-8-19)28(21-13-15-22(29)16-14-21)26(30)20-11-9-18(2)10-12-20/h4-8,17-18,20-22,29H,3,9-16H2,1-2H3/t18-,20-,21-,22+. The highest BCUT2D eigenvalue weighted by atomic mass is 16.5. The maximum Gasteiger partial charge on any atom is 0.376 e. The molecule has 0 unspecified atom stereocenters. The zero-order valence-electron chi connectivity index (χ0n) is 19.7. The molecule has 4 rings (SSSR count). The number of aliphatic hydroxyl groups is 1. The Hall–Kier alpha value is -2.60. The molecule has 0 radical (unpaired) electrons. The smallest absolute Gasteiger partial charge is 0.376 e. The van der Waals surface area contributed by atoms with Crippen LogP contribution in [0.5, 0.6) is 0 Å². The largest absolute Gasteiger partial charge is 0.460 e.